The number of aromatic nitrogens is 3. The highest BCUT2D eigenvalue weighted by Crippen LogP contribution is 2.31. The number of furan rings is 1. The molecule has 112 valence electrons. The highest BCUT2D eigenvalue weighted by Gasteiger charge is 2.13. The van der Waals surface area contributed by atoms with Crippen molar-refractivity contribution in [3.05, 3.63) is 66.7 Å². The number of allylic oxidation sites excluding steroid dienone is 5. The molecule has 3 aromatic heterocycles. The quantitative estimate of drug-likeness (QED) is 0.577. The number of nitrogens with zero attached hydrogens (tertiary/aromatic N) is 3. The maximum atomic E-state index is 9.12. The van der Waals surface area contributed by atoms with Crippen LogP contribution in [0.3, 0.4) is 0 Å². The fourth-order valence-corrected chi connectivity index (χ4v) is 2.29. The second-order valence-corrected chi connectivity index (χ2v) is 4.83. The molecule has 0 saturated heterocycles. The number of nitriles is 1. The summed E-state index contributed by atoms with van der Waals surface area (Å²) in [7, 11) is 0. The minimum absolute atomic E-state index is 0.562. The summed E-state index contributed by atoms with van der Waals surface area (Å²) in [5.41, 5.74) is 4.46. The van der Waals surface area contributed by atoms with E-state index in [1.807, 2.05) is 19.1 Å². The molecule has 0 aliphatic rings. The first kappa shape index (κ1) is 14.5. The minimum atomic E-state index is 0.562. The standard InChI is InChI=1S/C18H14N4O/c1-3-12(9-19)7-13(4-2)15-5-6-20-16-8-17(23-18(15)16)14-10-21-22-11-14/h3-8,10-11H,2H2,1H3,(H,21,22)/b12-3+,13-7+. The van der Waals surface area contributed by atoms with Gasteiger partial charge >= 0.3 is 0 Å². The number of hydrogen-bond acceptors (Lipinski definition) is 4. The average Bonchev–Trinajstić information content (AvgIpc) is 3.25. The molecule has 3 heterocycles. The van der Waals surface area contributed by atoms with E-state index < -0.39 is 0 Å². The van der Waals surface area contributed by atoms with Gasteiger partial charge in [-0.05, 0) is 24.6 Å². The van der Waals surface area contributed by atoms with Crippen LogP contribution in [0.2, 0.25) is 0 Å². The van der Waals surface area contributed by atoms with Crippen molar-refractivity contribution >= 4 is 16.7 Å². The van der Waals surface area contributed by atoms with Crippen molar-refractivity contribution in [1.29, 1.82) is 5.26 Å². The predicted molar refractivity (Wildman–Crippen MR) is 89.1 cm³/mol. The number of fused-ring (bicyclic) bond motifs is 1. The van der Waals surface area contributed by atoms with Gasteiger partial charge in [-0.15, -0.1) is 0 Å². The number of rotatable bonds is 4. The molecule has 0 bridgehead atoms. The summed E-state index contributed by atoms with van der Waals surface area (Å²) in [6, 6.07) is 5.86. The van der Waals surface area contributed by atoms with Gasteiger partial charge in [0.05, 0.1) is 17.8 Å². The van der Waals surface area contributed by atoms with Gasteiger partial charge in [0.15, 0.2) is 5.58 Å². The van der Waals surface area contributed by atoms with E-state index in [2.05, 4.69) is 27.8 Å². The summed E-state index contributed by atoms with van der Waals surface area (Å²) in [4.78, 5) is 4.34. The van der Waals surface area contributed by atoms with Gasteiger partial charge in [-0.2, -0.15) is 10.4 Å². The zero-order chi connectivity index (χ0) is 16.2. The van der Waals surface area contributed by atoms with Crippen molar-refractivity contribution < 1.29 is 4.42 Å². The Balaban J connectivity index is 2.18. The van der Waals surface area contributed by atoms with E-state index in [1.54, 1.807) is 36.8 Å². The van der Waals surface area contributed by atoms with Crippen LogP contribution in [-0.2, 0) is 0 Å². The molecule has 0 unspecified atom stereocenters. The SMILES string of the molecule is C=C/C(=C\C(C#N)=C/C)c1ccnc2cc(-c3cn[nH]c3)oc12. The predicted octanol–water partition coefficient (Wildman–Crippen LogP) is 4.26. The van der Waals surface area contributed by atoms with Gasteiger partial charge in [-0.3, -0.25) is 10.1 Å². The Kier molecular flexibility index (Phi) is 3.89. The first-order chi connectivity index (χ1) is 11.3. The van der Waals surface area contributed by atoms with Crippen LogP contribution in [-0.4, -0.2) is 15.2 Å². The molecule has 0 radical (unpaired) electrons. The van der Waals surface area contributed by atoms with Crippen LogP contribution < -0.4 is 0 Å². The van der Waals surface area contributed by atoms with Gasteiger partial charge in [-0.1, -0.05) is 18.7 Å². The minimum Gasteiger partial charge on any atom is -0.454 e. The topological polar surface area (TPSA) is 78.5 Å². The molecule has 23 heavy (non-hydrogen) atoms. The van der Waals surface area contributed by atoms with Crippen molar-refractivity contribution in [1.82, 2.24) is 15.2 Å². The highest BCUT2D eigenvalue weighted by atomic mass is 16.3. The van der Waals surface area contributed by atoms with E-state index in [-0.39, 0.29) is 0 Å². The molecule has 0 spiro atoms. The van der Waals surface area contributed by atoms with E-state index in [1.165, 1.54) is 0 Å². The molecule has 0 aromatic carbocycles. The Morgan fingerprint density at radius 3 is 3.00 bits per heavy atom. The first-order valence-electron chi connectivity index (χ1n) is 7.05. The van der Waals surface area contributed by atoms with Crippen molar-refractivity contribution in [3.63, 3.8) is 0 Å². The molecule has 0 atom stereocenters. The summed E-state index contributed by atoms with van der Waals surface area (Å²) < 4.78 is 5.96. The maximum absolute atomic E-state index is 9.12. The molecular weight excluding hydrogens is 288 g/mol. The van der Waals surface area contributed by atoms with Crippen LogP contribution in [0.4, 0.5) is 0 Å². The van der Waals surface area contributed by atoms with Gasteiger partial charge in [0.1, 0.15) is 11.3 Å². The zero-order valence-corrected chi connectivity index (χ0v) is 12.6. The highest BCUT2D eigenvalue weighted by molar-refractivity contribution is 5.93. The summed E-state index contributed by atoms with van der Waals surface area (Å²) in [5, 5.41) is 15.8. The normalized spacial score (nSPS) is 12.3. The second-order valence-electron chi connectivity index (χ2n) is 4.83. The van der Waals surface area contributed by atoms with Crippen LogP contribution in [0.25, 0.3) is 28.0 Å². The smallest absolute Gasteiger partial charge is 0.161 e. The Labute approximate surface area is 133 Å². The Hall–Kier alpha value is -3.39. The fraction of sp³-hybridized carbons (Fsp3) is 0.0556. The lowest BCUT2D eigenvalue weighted by Crippen LogP contribution is -1.85. The van der Waals surface area contributed by atoms with Gasteiger partial charge < -0.3 is 4.42 Å². The van der Waals surface area contributed by atoms with E-state index >= 15 is 0 Å². The number of pyridine rings is 1. The molecule has 0 saturated carbocycles. The monoisotopic (exact) mass is 302 g/mol. The zero-order valence-electron chi connectivity index (χ0n) is 12.6. The molecule has 3 rings (SSSR count). The van der Waals surface area contributed by atoms with Gasteiger partial charge in [0, 0.05) is 29.6 Å². The number of H-pyrrole nitrogens is 1. The lowest BCUT2D eigenvalue weighted by Gasteiger charge is -2.03. The third-order valence-corrected chi connectivity index (χ3v) is 3.48. The third-order valence-electron chi connectivity index (χ3n) is 3.48. The second kappa shape index (κ2) is 6.16. The first-order valence-corrected chi connectivity index (χ1v) is 7.05. The van der Waals surface area contributed by atoms with E-state index in [4.69, 9.17) is 9.68 Å². The molecule has 0 fully saturated rings. The third kappa shape index (κ3) is 2.70. The Morgan fingerprint density at radius 1 is 1.48 bits per heavy atom. The van der Waals surface area contributed by atoms with Crippen LogP contribution in [0, 0.1) is 11.3 Å². The molecule has 0 amide bonds. The van der Waals surface area contributed by atoms with E-state index in [0.29, 0.717) is 16.9 Å². The van der Waals surface area contributed by atoms with E-state index in [0.717, 1.165) is 22.2 Å². The molecule has 3 aromatic rings. The molecule has 1 N–H and O–H groups in total. The van der Waals surface area contributed by atoms with Crippen molar-refractivity contribution in [2.75, 3.05) is 0 Å². The van der Waals surface area contributed by atoms with Crippen LogP contribution in [0.5, 0.6) is 0 Å². The van der Waals surface area contributed by atoms with Gasteiger partial charge in [0.2, 0.25) is 0 Å². The summed E-state index contributed by atoms with van der Waals surface area (Å²) in [5.74, 6) is 0.684. The largest absolute Gasteiger partial charge is 0.454 e. The van der Waals surface area contributed by atoms with Crippen molar-refractivity contribution in [3.8, 4) is 17.4 Å². The van der Waals surface area contributed by atoms with Crippen molar-refractivity contribution in [2.24, 2.45) is 0 Å². The van der Waals surface area contributed by atoms with E-state index in [9.17, 15) is 0 Å². The summed E-state index contributed by atoms with van der Waals surface area (Å²) >= 11 is 0. The van der Waals surface area contributed by atoms with Crippen LogP contribution in [0.15, 0.2) is 65.5 Å². The Morgan fingerprint density at radius 2 is 2.35 bits per heavy atom. The molecular formula is C18H14N4O. The van der Waals surface area contributed by atoms with Crippen LogP contribution in [0.1, 0.15) is 12.5 Å². The summed E-state index contributed by atoms with van der Waals surface area (Å²) in [6.45, 7) is 5.66. The number of hydrogen-bond donors (Lipinski definition) is 1. The maximum Gasteiger partial charge on any atom is 0.161 e. The van der Waals surface area contributed by atoms with Crippen LogP contribution >= 0.6 is 0 Å². The number of nitrogens with one attached hydrogen (secondary N) is 1. The fourth-order valence-electron chi connectivity index (χ4n) is 2.29. The molecule has 0 aliphatic heterocycles. The average molecular weight is 302 g/mol. The lowest BCUT2D eigenvalue weighted by atomic mass is 10.0. The lowest BCUT2D eigenvalue weighted by molar-refractivity contribution is 0.630. The molecule has 0 aliphatic carbocycles. The number of aromatic amines is 1. The summed E-state index contributed by atoms with van der Waals surface area (Å²) in [6.07, 6.45) is 10.4. The van der Waals surface area contributed by atoms with Gasteiger partial charge in [0.25, 0.3) is 0 Å². The van der Waals surface area contributed by atoms with Crippen molar-refractivity contribution in [2.45, 2.75) is 6.92 Å². The van der Waals surface area contributed by atoms with Gasteiger partial charge in [-0.25, -0.2) is 0 Å². The molecule has 5 nitrogen and oxygen atoms in total. The molecule has 5 heteroatoms. The Bertz CT molecular complexity index is 953.